The first-order valence-corrected chi connectivity index (χ1v) is 10.2. The van der Waals surface area contributed by atoms with Gasteiger partial charge in [0.15, 0.2) is 0 Å². The van der Waals surface area contributed by atoms with Gasteiger partial charge < -0.3 is 15.1 Å². The highest BCUT2D eigenvalue weighted by Crippen LogP contribution is 2.49. The maximum Gasteiger partial charge on any atom is 0.407 e. The van der Waals surface area contributed by atoms with Gasteiger partial charge in [-0.15, -0.1) is 0 Å². The summed E-state index contributed by atoms with van der Waals surface area (Å²) in [6, 6.07) is 3.65. The molecule has 1 aromatic carbocycles. The quantitative estimate of drug-likeness (QED) is 0.644. The summed E-state index contributed by atoms with van der Waals surface area (Å²) in [7, 11) is 0. The van der Waals surface area contributed by atoms with Crippen molar-refractivity contribution < 1.29 is 15.0 Å². The molecule has 1 atom stereocenters. The van der Waals surface area contributed by atoms with Gasteiger partial charge in [-0.05, 0) is 48.1 Å². The van der Waals surface area contributed by atoms with Gasteiger partial charge in [-0.25, -0.2) is 4.79 Å². The summed E-state index contributed by atoms with van der Waals surface area (Å²) in [4.78, 5) is 12.7. The molecule has 7 heteroatoms. The highest BCUT2D eigenvalue weighted by Gasteiger charge is 2.41. The summed E-state index contributed by atoms with van der Waals surface area (Å²) in [6.07, 6.45) is 2.69. The lowest BCUT2D eigenvalue weighted by Gasteiger charge is -2.45. The van der Waals surface area contributed by atoms with Crippen molar-refractivity contribution in [2.45, 2.75) is 53.1 Å². The summed E-state index contributed by atoms with van der Waals surface area (Å²) in [5.74, 6) is 0.418. The second-order valence-corrected chi connectivity index (χ2v) is 9.87. The molecule has 0 bridgehead atoms. The van der Waals surface area contributed by atoms with Crippen LogP contribution in [0.4, 0.5) is 4.79 Å². The Kier molecular flexibility index (Phi) is 5.65. The third kappa shape index (κ3) is 4.13. The predicted octanol–water partition coefficient (Wildman–Crippen LogP) is 5.08. The zero-order chi connectivity index (χ0) is 20.7. The molecule has 0 aliphatic carbocycles. The first-order chi connectivity index (χ1) is 13.0. The fourth-order valence-corrected chi connectivity index (χ4v) is 5.19. The fraction of sp³-hybridized carbons (Fsp3) is 0.619. The highest BCUT2D eigenvalue weighted by atomic mass is 35.5. The number of carboxylic acid groups (broad SMARTS) is 1. The molecule has 1 fully saturated rings. The van der Waals surface area contributed by atoms with E-state index >= 15 is 0 Å². The van der Waals surface area contributed by atoms with Gasteiger partial charge in [-0.3, -0.25) is 5.10 Å². The van der Waals surface area contributed by atoms with E-state index in [4.69, 9.17) is 11.6 Å². The molecule has 2 aromatic rings. The summed E-state index contributed by atoms with van der Waals surface area (Å²) in [5.41, 5.74) is 1.16. The van der Waals surface area contributed by atoms with Crippen LogP contribution >= 0.6 is 11.6 Å². The molecular weight excluding hydrogens is 378 g/mol. The highest BCUT2D eigenvalue weighted by molar-refractivity contribution is 6.31. The molecule has 6 nitrogen and oxygen atoms in total. The number of H-pyrrole nitrogens is 1. The smallest absolute Gasteiger partial charge is 0.407 e. The minimum absolute atomic E-state index is 0.0270. The second kappa shape index (κ2) is 7.56. The lowest BCUT2D eigenvalue weighted by molar-refractivity contribution is -0.00907. The van der Waals surface area contributed by atoms with E-state index in [0.29, 0.717) is 24.0 Å². The average Bonchev–Trinajstić information content (AvgIpc) is 3.07. The molecule has 1 unspecified atom stereocenters. The molecule has 0 saturated carbocycles. The monoisotopic (exact) mass is 407 g/mol. The normalized spacial score (nSPS) is 17.9. The number of fused-ring (bicyclic) bond motifs is 1. The number of nitrogens with one attached hydrogen (secondary N) is 1. The van der Waals surface area contributed by atoms with E-state index in [1.807, 2.05) is 12.1 Å². The number of aliphatic hydroxyl groups is 1. The lowest BCUT2D eigenvalue weighted by atomic mass is 9.63. The third-order valence-corrected chi connectivity index (χ3v) is 6.58. The van der Waals surface area contributed by atoms with Crippen LogP contribution in [0.15, 0.2) is 18.3 Å². The van der Waals surface area contributed by atoms with Gasteiger partial charge in [0.25, 0.3) is 0 Å². The number of piperidine rings is 1. The van der Waals surface area contributed by atoms with E-state index in [2.05, 4.69) is 37.9 Å². The third-order valence-electron chi connectivity index (χ3n) is 6.36. The number of hydrogen-bond acceptors (Lipinski definition) is 3. The van der Waals surface area contributed by atoms with Gasteiger partial charge in [0.1, 0.15) is 0 Å². The maximum atomic E-state index is 11.3. The van der Waals surface area contributed by atoms with Crippen molar-refractivity contribution in [1.29, 1.82) is 0 Å². The van der Waals surface area contributed by atoms with Crippen LogP contribution in [-0.4, -0.2) is 44.5 Å². The molecule has 1 aliphatic rings. The van der Waals surface area contributed by atoms with Gasteiger partial charge in [-0.1, -0.05) is 39.3 Å². The molecule has 1 aliphatic heterocycles. The molecule has 1 saturated heterocycles. The van der Waals surface area contributed by atoms with Crippen molar-refractivity contribution in [2.24, 2.45) is 16.7 Å². The molecule has 0 spiro atoms. The van der Waals surface area contributed by atoms with Gasteiger partial charge in [0.05, 0.1) is 17.8 Å². The molecule has 154 valence electrons. The maximum absolute atomic E-state index is 11.3. The Morgan fingerprint density at radius 1 is 1.32 bits per heavy atom. The lowest BCUT2D eigenvalue weighted by Crippen LogP contribution is -2.43. The van der Waals surface area contributed by atoms with E-state index in [1.165, 1.54) is 4.90 Å². The van der Waals surface area contributed by atoms with Crippen molar-refractivity contribution in [1.82, 2.24) is 15.1 Å². The fourth-order valence-electron chi connectivity index (χ4n) is 4.95. The number of rotatable bonds is 5. The number of likely N-dealkylation sites (tertiary alicyclic amines) is 1. The number of hydrogen-bond donors (Lipinski definition) is 3. The number of halogens is 1. The van der Waals surface area contributed by atoms with Crippen LogP contribution in [0, 0.1) is 16.7 Å². The van der Waals surface area contributed by atoms with Crippen molar-refractivity contribution in [3.8, 4) is 0 Å². The van der Waals surface area contributed by atoms with Crippen LogP contribution in [0.2, 0.25) is 5.02 Å². The Morgan fingerprint density at radius 2 is 1.96 bits per heavy atom. The number of aromatic nitrogens is 2. The van der Waals surface area contributed by atoms with Crippen LogP contribution in [0.25, 0.3) is 10.9 Å². The first kappa shape index (κ1) is 20.9. The van der Waals surface area contributed by atoms with Crippen LogP contribution in [0.3, 0.4) is 0 Å². The Labute approximate surface area is 170 Å². The van der Waals surface area contributed by atoms with E-state index in [1.54, 1.807) is 6.20 Å². The molecule has 2 heterocycles. The molecule has 1 amide bonds. The predicted molar refractivity (Wildman–Crippen MR) is 111 cm³/mol. The molecule has 0 radical (unpaired) electrons. The van der Waals surface area contributed by atoms with Crippen molar-refractivity contribution in [2.75, 3.05) is 13.1 Å². The molecular formula is C21H30ClN3O3. The van der Waals surface area contributed by atoms with Crippen LogP contribution < -0.4 is 0 Å². The SMILES string of the molecule is CC(C)(CC(C)(C)C(O)c1cc(Cl)cc2cn[nH]c12)C1CCN(C(=O)O)CC1. The van der Waals surface area contributed by atoms with Crippen molar-refractivity contribution in [3.63, 3.8) is 0 Å². The van der Waals surface area contributed by atoms with Crippen LogP contribution in [0.1, 0.15) is 58.6 Å². The van der Waals surface area contributed by atoms with E-state index in [9.17, 15) is 15.0 Å². The number of amides is 1. The summed E-state index contributed by atoms with van der Waals surface area (Å²) >= 11 is 6.26. The van der Waals surface area contributed by atoms with Crippen molar-refractivity contribution >= 4 is 28.6 Å². The van der Waals surface area contributed by atoms with Crippen LogP contribution in [0.5, 0.6) is 0 Å². The Hall–Kier alpha value is -1.79. The second-order valence-electron chi connectivity index (χ2n) is 9.43. The van der Waals surface area contributed by atoms with E-state index in [-0.39, 0.29) is 5.41 Å². The van der Waals surface area contributed by atoms with Gasteiger partial charge in [-0.2, -0.15) is 5.10 Å². The van der Waals surface area contributed by atoms with Gasteiger partial charge in [0.2, 0.25) is 0 Å². The van der Waals surface area contributed by atoms with Gasteiger partial charge in [0, 0.05) is 29.1 Å². The topological polar surface area (TPSA) is 89.5 Å². The summed E-state index contributed by atoms with van der Waals surface area (Å²) in [5, 5.41) is 29.0. The molecule has 3 N–H and O–H groups in total. The molecule has 28 heavy (non-hydrogen) atoms. The minimum Gasteiger partial charge on any atom is -0.465 e. The number of benzene rings is 1. The number of carbonyl (C=O) groups is 1. The Morgan fingerprint density at radius 3 is 2.57 bits per heavy atom. The van der Waals surface area contributed by atoms with E-state index < -0.39 is 17.6 Å². The van der Waals surface area contributed by atoms with Crippen molar-refractivity contribution in [3.05, 3.63) is 28.9 Å². The zero-order valence-corrected chi connectivity index (χ0v) is 17.8. The number of aromatic amines is 1. The summed E-state index contributed by atoms with van der Waals surface area (Å²) in [6.45, 7) is 9.77. The molecule has 3 rings (SSSR count). The minimum atomic E-state index is -0.837. The molecule has 1 aromatic heterocycles. The zero-order valence-electron chi connectivity index (χ0n) is 17.0. The Balaban J connectivity index is 1.78. The van der Waals surface area contributed by atoms with Gasteiger partial charge >= 0.3 is 6.09 Å². The van der Waals surface area contributed by atoms with Crippen LogP contribution in [-0.2, 0) is 0 Å². The average molecular weight is 408 g/mol. The largest absolute Gasteiger partial charge is 0.465 e. The first-order valence-electron chi connectivity index (χ1n) is 9.80. The van der Waals surface area contributed by atoms with E-state index in [0.717, 1.165) is 35.7 Å². The summed E-state index contributed by atoms with van der Waals surface area (Å²) < 4.78 is 0. The number of nitrogens with zero attached hydrogens (tertiary/aromatic N) is 2. The Bertz CT molecular complexity index is 854. The standard InChI is InChI=1S/C21H30ClN3O3/c1-20(2,14-5-7-25(8-6-14)19(27)28)12-21(3,4)18(26)16-10-15(22)9-13-11-23-24-17(13)16/h9-11,14,18,26H,5-8,12H2,1-4H3,(H,23,24)(H,27,28). The number of aliphatic hydroxyl groups excluding tert-OH is 1.